The van der Waals surface area contributed by atoms with Crippen LogP contribution in [-0.2, 0) is 6.42 Å². The van der Waals surface area contributed by atoms with E-state index in [0.717, 1.165) is 44.1 Å². The number of para-hydroxylation sites is 1. The maximum atomic E-state index is 5.42. The van der Waals surface area contributed by atoms with E-state index in [9.17, 15) is 0 Å². The molecule has 2 aromatic carbocycles. The average Bonchev–Trinajstić information content (AvgIpc) is 2.68. The van der Waals surface area contributed by atoms with E-state index in [4.69, 9.17) is 9.47 Å². The van der Waals surface area contributed by atoms with Crippen LogP contribution >= 0.6 is 0 Å². The number of methoxy groups -OCH3 is 2. The third-order valence-corrected chi connectivity index (χ3v) is 5.04. The fourth-order valence-corrected chi connectivity index (χ4v) is 3.54. The summed E-state index contributed by atoms with van der Waals surface area (Å²) in [5.74, 6) is 1.59. The maximum absolute atomic E-state index is 5.42. The second-order valence-corrected chi connectivity index (χ2v) is 6.60. The van der Waals surface area contributed by atoms with Crippen molar-refractivity contribution in [3.63, 3.8) is 0 Å². The minimum Gasteiger partial charge on any atom is -0.493 e. The highest BCUT2D eigenvalue weighted by Gasteiger charge is 2.21. The van der Waals surface area contributed by atoms with E-state index >= 15 is 0 Å². The Morgan fingerprint density at radius 1 is 0.880 bits per heavy atom. The minimum atomic E-state index is 0.510. The molecule has 1 aliphatic rings. The van der Waals surface area contributed by atoms with Crippen molar-refractivity contribution in [2.75, 3.05) is 45.3 Å². The second-order valence-electron chi connectivity index (χ2n) is 6.60. The molecule has 0 radical (unpaired) electrons. The predicted molar refractivity (Wildman–Crippen MR) is 103 cm³/mol. The summed E-state index contributed by atoms with van der Waals surface area (Å²) >= 11 is 0. The summed E-state index contributed by atoms with van der Waals surface area (Å²) in [6.07, 6.45) is 1.02. The van der Waals surface area contributed by atoms with Crippen molar-refractivity contribution in [3.8, 4) is 11.5 Å². The molecule has 2 aromatic rings. The van der Waals surface area contributed by atoms with Crippen molar-refractivity contribution in [1.29, 1.82) is 0 Å². The highest BCUT2D eigenvalue weighted by atomic mass is 16.5. The molecule has 0 amide bonds. The van der Waals surface area contributed by atoms with E-state index in [-0.39, 0.29) is 0 Å². The monoisotopic (exact) mass is 340 g/mol. The molecule has 1 atom stereocenters. The molecule has 3 rings (SSSR count). The molecule has 0 saturated carbocycles. The summed E-state index contributed by atoms with van der Waals surface area (Å²) in [6.45, 7) is 6.68. The Morgan fingerprint density at radius 3 is 2.20 bits per heavy atom. The van der Waals surface area contributed by atoms with Gasteiger partial charge in [-0.1, -0.05) is 24.3 Å². The van der Waals surface area contributed by atoms with Gasteiger partial charge in [0, 0.05) is 37.9 Å². The maximum Gasteiger partial charge on any atom is 0.160 e. The molecule has 1 fully saturated rings. The van der Waals surface area contributed by atoms with Crippen LogP contribution in [0.5, 0.6) is 11.5 Å². The van der Waals surface area contributed by atoms with E-state index in [1.807, 2.05) is 6.07 Å². The van der Waals surface area contributed by atoms with Crippen LogP contribution in [0.1, 0.15) is 12.5 Å². The first-order chi connectivity index (χ1) is 12.2. The van der Waals surface area contributed by atoms with Gasteiger partial charge >= 0.3 is 0 Å². The van der Waals surface area contributed by atoms with Gasteiger partial charge in [-0.15, -0.1) is 0 Å². The van der Waals surface area contributed by atoms with Gasteiger partial charge in [-0.05, 0) is 43.2 Å². The van der Waals surface area contributed by atoms with Crippen LogP contribution in [0.2, 0.25) is 0 Å². The molecule has 0 spiro atoms. The van der Waals surface area contributed by atoms with Gasteiger partial charge in [0.25, 0.3) is 0 Å². The van der Waals surface area contributed by atoms with Crippen LogP contribution < -0.4 is 14.4 Å². The van der Waals surface area contributed by atoms with Gasteiger partial charge in [0.2, 0.25) is 0 Å². The first-order valence-corrected chi connectivity index (χ1v) is 8.96. The molecule has 0 unspecified atom stereocenters. The lowest BCUT2D eigenvalue weighted by molar-refractivity contribution is 0.196. The fraction of sp³-hybridized carbons (Fsp3) is 0.429. The Balaban J connectivity index is 1.57. The molecule has 134 valence electrons. The first-order valence-electron chi connectivity index (χ1n) is 8.96. The van der Waals surface area contributed by atoms with Crippen molar-refractivity contribution in [2.24, 2.45) is 0 Å². The SMILES string of the molecule is COc1ccc(C[C@H](C)N2CCN(c3ccccc3)CC2)cc1OC. The zero-order chi connectivity index (χ0) is 17.6. The van der Waals surface area contributed by atoms with E-state index in [1.54, 1.807) is 14.2 Å². The summed E-state index contributed by atoms with van der Waals surface area (Å²) in [6, 6.07) is 17.4. The second kappa shape index (κ2) is 8.26. The summed E-state index contributed by atoms with van der Waals surface area (Å²) in [4.78, 5) is 5.05. The quantitative estimate of drug-likeness (QED) is 0.804. The summed E-state index contributed by atoms with van der Waals surface area (Å²) in [5, 5.41) is 0. The smallest absolute Gasteiger partial charge is 0.160 e. The van der Waals surface area contributed by atoms with Crippen LogP contribution in [0.4, 0.5) is 5.69 Å². The molecule has 0 aliphatic carbocycles. The van der Waals surface area contributed by atoms with Crippen LogP contribution in [-0.4, -0.2) is 51.3 Å². The summed E-state index contributed by atoms with van der Waals surface area (Å²) < 4.78 is 10.7. The summed E-state index contributed by atoms with van der Waals surface area (Å²) in [5.41, 5.74) is 2.62. The molecule has 1 saturated heterocycles. The van der Waals surface area contributed by atoms with E-state index in [2.05, 4.69) is 59.2 Å². The van der Waals surface area contributed by atoms with E-state index < -0.39 is 0 Å². The Kier molecular flexibility index (Phi) is 5.82. The van der Waals surface area contributed by atoms with Crippen molar-refractivity contribution >= 4 is 5.69 Å². The Bertz CT molecular complexity index is 667. The topological polar surface area (TPSA) is 24.9 Å². The van der Waals surface area contributed by atoms with E-state index in [1.165, 1.54) is 11.3 Å². The van der Waals surface area contributed by atoms with Gasteiger partial charge in [0.15, 0.2) is 11.5 Å². The Labute approximate surface area is 151 Å². The highest BCUT2D eigenvalue weighted by molar-refractivity contribution is 5.46. The number of nitrogens with zero attached hydrogens (tertiary/aromatic N) is 2. The molecular weight excluding hydrogens is 312 g/mol. The van der Waals surface area contributed by atoms with Gasteiger partial charge in [0.05, 0.1) is 14.2 Å². The number of piperazine rings is 1. The molecule has 0 aromatic heterocycles. The molecule has 0 N–H and O–H groups in total. The molecular formula is C21H28N2O2. The number of hydrogen-bond donors (Lipinski definition) is 0. The van der Waals surface area contributed by atoms with Gasteiger partial charge in [-0.3, -0.25) is 4.90 Å². The van der Waals surface area contributed by atoms with E-state index in [0.29, 0.717) is 6.04 Å². The minimum absolute atomic E-state index is 0.510. The standard InChI is InChI=1S/C21H28N2O2/c1-17(15-18-9-10-20(24-2)21(16-18)25-3)22-11-13-23(14-12-22)19-7-5-4-6-8-19/h4-10,16-17H,11-15H2,1-3H3/t17-/m0/s1. The normalized spacial score (nSPS) is 16.5. The molecule has 4 nitrogen and oxygen atoms in total. The Morgan fingerprint density at radius 2 is 1.56 bits per heavy atom. The van der Waals surface area contributed by atoms with Crippen LogP contribution in [0.15, 0.2) is 48.5 Å². The van der Waals surface area contributed by atoms with Gasteiger partial charge in [-0.25, -0.2) is 0 Å². The Hall–Kier alpha value is -2.20. The molecule has 1 aliphatic heterocycles. The highest BCUT2D eigenvalue weighted by Crippen LogP contribution is 2.28. The molecule has 25 heavy (non-hydrogen) atoms. The number of hydrogen-bond acceptors (Lipinski definition) is 4. The van der Waals surface area contributed by atoms with Crippen molar-refractivity contribution in [3.05, 3.63) is 54.1 Å². The average molecular weight is 340 g/mol. The predicted octanol–water partition coefficient (Wildman–Crippen LogP) is 3.46. The molecule has 0 bridgehead atoms. The van der Waals surface area contributed by atoms with Gasteiger partial charge < -0.3 is 14.4 Å². The van der Waals surface area contributed by atoms with Gasteiger partial charge in [-0.2, -0.15) is 0 Å². The lowest BCUT2D eigenvalue weighted by atomic mass is 10.0. The largest absolute Gasteiger partial charge is 0.493 e. The van der Waals surface area contributed by atoms with Crippen molar-refractivity contribution < 1.29 is 9.47 Å². The lowest BCUT2D eigenvalue weighted by Crippen LogP contribution is -2.50. The zero-order valence-electron chi connectivity index (χ0n) is 15.4. The molecule has 4 heteroatoms. The fourth-order valence-electron chi connectivity index (χ4n) is 3.54. The number of rotatable bonds is 6. The van der Waals surface area contributed by atoms with Crippen LogP contribution in [0, 0.1) is 0 Å². The zero-order valence-corrected chi connectivity index (χ0v) is 15.4. The van der Waals surface area contributed by atoms with Crippen LogP contribution in [0.25, 0.3) is 0 Å². The molecule has 1 heterocycles. The number of benzene rings is 2. The summed E-state index contributed by atoms with van der Waals surface area (Å²) in [7, 11) is 3.36. The number of ether oxygens (including phenoxy) is 2. The third-order valence-electron chi connectivity index (χ3n) is 5.04. The van der Waals surface area contributed by atoms with Crippen molar-refractivity contribution in [1.82, 2.24) is 4.90 Å². The van der Waals surface area contributed by atoms with Gasteiger partial charge in [0.1, 0.15) is 0 Å². The first kappa shape index (κ1) is 17.6. The number of anilines is 1. The third kappa shape index (κ3) is 4.26. The van der Waals surface area contributed by atoms with Crippen molar-refractivity contribution in [2.45, 2.75) is 19.4 Å². The van der Waals surface area contributed by atoms with Crippen LogP contribution in [0.3, 0.4) is 0 Å². The lowest BCUT2D eigenvalue weighted by Gasteiger charge is -2.39.